The van der Waals surface area contributed by atoms with Crippen molar-refractivity contribution in [3.63, 3.8) is 0 Å². The number of nitrogens with zero attached hydrogens (tertiary/aromatic N) is 1. The molecule has 0 saturated heterocycles. The van der Waals surface area contributed by atoms with E-state index in [4.69, 9.17) is 25.8 Å². The number of rotatable bonds is 11. The fourth-order valence-electron chi connectivity index (χ4n) is 3.12. The van der Waals surface area contributed by atoms with E-state index in [1.165, 1.54) is 0 Å². The molecule has 2 aromatic rings. The zero-order chi connectivity index (χ0) is 22.1. The first-order valence-electron chi connectivity index (χ1n) is 10.1. The van der Waals surface area contributed by atoms with Gasteiger partial charge in [0.1, 0.15) is 5.75 Å². The Kier molecular flexibility index (Phi) is 8.85. The van der Waals surface area contributed by atoms with Crippen molar-refractivity contribution in [2.75, 3.05) is 33.3 Å². The van der Waals surface area contributed by atoms with E-state index in [0.717, 1.165) is 16.9 Å². The molecule has 0 unspecified atom stereocenters. The fourth-order valence-corrected chi connectivity index (χ4v) is 3.23. The second-order valence-corrected chi connectivity index (χ2v) is 8.03. The standard InChI is InChI=1S/C24H32ClNO4/c1-6-30-20-10-7-19(8-11-20)16-26(23(27)24(2,3)17-25)14-13-18-9-12-21(28-4)22(15-18)29-5/h7-12,15H,6,13-14,16-17H2,1-5H3. The molecular formula is C24H32ClNO4. The SMILES string of the molecule is CCOc1ccc(CN(CCc2ccc(OC)c(OC)c2)C(=O)C(C)(C)CCl)cc1. The third kappa shape index (κ3) is 6.30. The van der Waals surface area contributed by atoms with Crippen molar-refractivity contribution in [1.29, 1.82) is 0 Å². The second-order valence-electron chi connectivity index (χ2n) is 7.76. The van der Waals surface area contributed by atoms with Crippen LogP contribution in [-0.2, 0) is 17.8 Å². The Morgan fingerprint density at radius 1 is 1.00 bits per heavy atom. The number of amides is 1. The van der Waals surface area contributed by atoms with Crippen molar-refractivity contribution in [3.8, 4) is 17.2 Å². The van der Waals surface area contributed by atoms with Gasteiger partial charge in [0.15, 0.2) is 11.5 Å². The van der Waals surface area contributed by atoms with E-state index >= 15 is 0 Å². The van der Waals surface area contributed by atoms with Crippen LogP contribution < -0.4 is 14.2 Å². The van der Waals surface area contributed by atoms with Crippen molar-refractivity contribution in [2.24, 2.45) is 5.41 Å². The van der Waals surface area contributed by atoms with Gasteiger partial charge >= 0.3 is 0 Å². The van der Waals surface area contributed by atoms with Gasteiger partial charge in [-0.3, -0.25) is 4.79 Å². The Morgan fingerprint density at radius 3 is 2.20 bits per heavy atom. The molecule has 0 saturated carbocycles. The van der Waals surface area contributed by atoms with Gasteiger partial charge in [0.25, 0.3) is 0 Å². The van der Waals surface area contributed by atoms with E-state index in [1.807, 2.05) is 68.1 Å². The number of methoxy groups -OCH3 is 2. The van der Waals surface area contributed by atoms with E-state index in [1.54, 1.807) is 14.2 Å². The van der Waals surface area contributed by atoms with E-state index < -0.39 is 5.41 Å². The predicted octanol–water partition coefficient (Wildman–Crippen LogP) is 4.94. The van der Waals surface area contributed by atoms with Gasteiger partial charge < -0.3 is 19.1 Å². The van der Waals surface area contributed by atoms with Gasteiger partial charge in [-0.15, -0.1) is 11.6 Å². The lowest BCUT2D eigenvalue weighted by Crippen LogP contribution is -2.42. The van der Waals surface area contributed by atoms with Crippen LogP contribution >= 0.6 is 11.6 Å². The lowest BCUT2D eigenvalue weighted by Gasteiger charge is -2.31. The normalized spacial score (nSPS) is 11.1. The van der Waals surface area contributed by atoms with Crippen molar-refractivity contribution in [2.45, 2.75) is 33.7 Å². The van der Waals surface area contributed by atoms with Crippen molar-refractivity contribution in [1.82, 2.24) is 4.90 Å². The third-order valence-corrected chi connectivity index (χ3v) is 5.59. The van der Waals surface area contributed by atoms with Crippen molar-refractivity contribution in [3.05, 3.63) is 53.6 Å². The van der Waals surface area contributed by atoms with Gasteiger partial charge in [-0.05, 0) is 62.6 Å². The molecule has 164 valence electrons. The highest BCUT2D eigenvalue weighted by Crippen LogP contribution is 2.28. The number of hydrogen-bond donors (Lipinski definition) is 0. The van der Waals surface area contributed by atoms with Crippen LogP contribution in [0, 0.1) is 5.41 Å². The molecule has 0 spiro atoms. The monoisotopic (exact) mass is 433 g/mol. The third-order valence-electron chi connectivity index (χ3n) is 4.93. The summed E-state index contributed by atoms with van der Waals surface area (Å²) in [6.45, 7) is 7.42. The van der Waals surface area contributed by atoms with Crippen LogP contribution in [0.25, 0.3) is 0 Å². The number of carbonyl (C=O) groups excluding carboxylic acids is 1. The number of ether oxygens (including phenoxy) is 3. The zero-order valence-corrected chi connectivity index (χ0v) is 19.3. The van der Waals surface area contributed by atoms with E-state index in [0.29, 0.717) is 37.6 Å². The van der Waals surface area contributed by atoms with Gasteiger partial charge in [-0.2, -0.15) is 0 Å². The number of carbonyl (C=O) groups is 1. The van der Waals surface area contributed by atoms with Gasteiger partial charge in [0.05, 0.1) is 26.2 Å². The molecule has 0 aliphatic heterocycles. The van der Waals surface area contributed by atoms with Crippen LogP contribution in [0.4, 0.5) is 0 Å². The van der Waals surface area contributed by atoms with Crippen LogP contribution in [0.1, 0.15) is 31.9 Å². The summed E-state index contributed by atoms with van der Waals surface area (Å²) in [5, 5.41) is 0. The van der Waals surface area contributed by atoms with Crippen LogP contribution in [0.5, 0.6) is 17.2 Å². The molecule has 0 bridgehead atoms. The average Bonchev–Trinajstić information content (AvgIpc) is 2.77. The average molecular weight is 434 g/mol. The highest BCUT2D eigenvalue weighted by atomic mass is 35.5. The summed E-state index contributed by atoms with van der Waals surface area (Å²) in [7, 11) is 3.23. The lowest BCUT2D eigenvalue weighted by molar-refractivity contribution is -0.139. The smallest absolute Gasteiger partial charge is 0.229 e. The maximum absolute atomic E-state index is 13.2. The molecule has 0 fully saturated rings. The van der Waals surface area contributed by atoms with Gasteiger partial charge in [-0.1, -0.05) is 18.2 Å². The Bertz CT molecular complexity index is 820. The summed E-state index contributed by atoms with van der Waals surface area (Å²) >= 11 is 6.09. The minimum Gasteiger partial charge on any atom is -0.494 e. The largest absolute Gasteiger partial charge is 0.494 e. The second kappa shape index (κ2) is 11.1. The molecule has 30 heavy (non-hydrogen) atoms. The zero-order valence-electron chi connectivity index (χ0n) is 18.5. The van der Waals surface area contributed by atoms with E-state index in [2.05, 4.69) is 0 Å². The van der Waals surface area contributed by atoms with Gasteiger partial charge in [-0.25, -0.2) is 0 Å². The molecule has 2 aromatic carbocycles. The van der Waals surface area contributed by atoms with Crippen LogP contribution in [0.15, 0.2) is 42.5 Å². The van der Waals surface area contributed by atoms with E-state index in [-0.39, 0.29) is 11.8 Å². The lowest BCUT2D eigenvalue weighted by atomic mass is 9.93. The summed E-state index contributed by atoms with van der Waals surface area (Å²) in [5.41, 5.74) is 1.48. The molecule has 6 heteroatoms. The highest BCUT2D eigenvalue weighted by molar-refractivity contribution is 6.19. The summed E-state index contributed by atoms with van der Waals surface area (Å²) in [5.74, 6) is 2.49. The molecular weight excluding hydrogens is 402 g/mol. The molecule has 0 aliphatic carbocycles. The number of benzene rings is 2. The number of hydrogen-bond acceptors (Lipinski definition) is 4. The Labute approximate surface area is 184 Å². The Hall–Kier alpha value is -2.40. The molecule has 0 N–H and O–H groups in total. The van der Waals surface area contributed by atoms with Gasteiger partial charge in [0.2, 0.25) is 5.91 Å². The first kappa shape index (κ1) is 23.9. The minimum absolute atomic E-state index is 0.0341. The molecule has 1 amide bonds. The van der Waals surface area contributed by atoms with Crippen LogP contribution in [0.3, 0.4) is 0 Å². The molecule has 0 atom stereocenters. The first-order valence-corrected chi connectivity index (χ1v) is 10.7. The fraction of sp³-hybridized carbons (Fsp3) is 0.458. The van der Waals surface area contributed by atoms with Crippen LogP contribution in [-0.4, -0.2) is 44.1 Å². The topological polar surface area (TPSA) is 48.0 Å². The maximum Gasteiger partial charge on any atom is 0.229 e. The molecule has 0 radical (unpaired) electrons. The molecule has 0 heterocycles. The molecule has 0 aliphatic rings. The Balaban J connectivity index is 2.18. The minimum atomic E-state index is -0.635. The molecule has 5 nitrogen and oxygen atoms in total. The van der Waals surface area contributed by atoms with Crippen molar-refractivity contribution < 1.29 is 19.0 Å². The Morgan fingerprint density at radius 2 is 1.63 bits per heavy atom. The summed E-state index contributed by atoms with van der Waals surface area (Å²) in [6, 6.07) is 13.7. The molecule has 2 rings (SSSR count). The molecule has 0 aromatic heterocycles. The summed E-state index contributed by atoms with van der Waals surface area (Å²) in [6.07, 6.45) is 0.696. The highest BCUT2D eigenvalue weighted by Gasteiger charge is 2.31. The van der Waals surface area contributed by atoms with Crippen molar-refractivity contribution >= 4 is 17.5 Å². The van der Waals surface area contributed by atoms with Crippen LogP contribution in [0.2, 0.25) is 0 Å². The first-order chi connectivity index (χ1) is 14.3. The maximum atomic E-state index is 13.2. The number of alkyl halides is 1. The predicted molar refractivity (Wildman–Crippen MR) is 121 cm³/mol. The number of halogens is 1. The summed E-state index contributed by atoms with van der Waals surface area (Å²) in [4.78, 5) is 15.1. The quantitative estimate of drug-likeness (QED) is 0.471. The summed E-state index contributed by atoms with van der Waals surface area (Å²) < 4.78 is 16.2. The van der Waals surface area contributed by atoms with Gasteiger partial charge in [0, 0.05) is 19.0 Å². The van der Waals surface area contributed by atoms with E-state index in [9.17, 15) is 4.79 Å².